The summed E-state index contributed by atoms with van der Waals surface area (Å²) in [6, 6.07) is 10.7. The molecule has 0 saturated carbocycles. The van der Waals surface area contributed by atoms with Crippen LogP contribution in [0.15, 0.2) is 59.8 Å². The van der Waals surface area contributed by atoms with Gasteiger partial charge >= 0.3 is 0 Å². The van der Waals surface area contributed by atoms with Gasteiger partial charge < -0.3 is 5.32 Å². The Morgan fingerprint density at radius 2 is 1.96 bits per heavy atom. The number of carbonyl (C=O) groups is 1. The highest BCUT2D eigenvalue weighted by Gasteiger charge is 2.25. The third kappa shape index (κ3) is 4.89. The zero-order valence-electron chi connectivity index (χ0n) is 15.3. The van der Waals surface area contributed by atoms with Crippen LogP contribution in [-0.2, 0) is 21.4 Å². The van der Waals surface area contributed by atoms with Crippen molar-refractivity contribution in [1.29, 1.82) is 0 Å². The van der Waals surface area contributed by atoms with Crippen LogP contribution >= 0.6 is 11.8 Å². The number of hydrogen-bond donors (Lipinski definition) is 2. The third-order valence-electron chi connectivity index (χ3n) is 4.09. The first-order chi connectivity index (χ1) is 13.5. The summed E-state index contributed by atoms with van der Waals surface area (Å²) < 4.78 is 29.4. The van der Waals surface area contributed by atoms with Crippen LogP contribution in [-0.4, -0.2) is 47.0 Å². The fourth-order valence-corrected chi connectivity index (χ4v) is 4.38. The first-order valence-corrected chi connectivity index (χ1v) is 11.5. The lowest BCUT2D eigenvalue weighted by atomic mass is 10.2. The second-order valence-corrected chi connectivity index (χ2v) is 8.72. The number of aromatic nitrogens is 3. The molecule has 0 aliphatic heterocycles. The number of nitrogens with one attached hydrogen (secondary N) is 2. The molecule has 0 radical (unpaired) electrons. The van der Waals surface area contributed by atoms with Crippen LogP contribution in [0.5, 0.6) is 0 Å². The fourth-order valence-electron chi connectivity index (χ4n) is 2.65. The van der Waals surface area contributed by atoms with Gasteiger partial charge in [-0.05, 0) is 36.6 Å². The minimum Gasteiger partial charge on any atom is -0.349 e. The number of amides is 1. The van der Waals surface area contributed by atoms with Crippen LogP contribution in [0.1, 0.15) is 12.1 Å². The van der Waals surface area contributed by atoms with Crippen LogP contribution in [0.4, 0.5) is 0 Å². The van der Waals surface area contributed by atoms with E-state index in [9.17, 15) is 13.2 Å². The van der Waals surface area contributed by atoms with Crippen LogP contribution in [0, 0.1) is 0 Å². The fraction of sp³-hybridized carbons (Fsp3) is 0.278. The van der Waals surface area contributed by atoms with Gasteiger partial charge in [-0.25, -0.2) is 17.9 Å². The van der Waals surface area contributed by atoms with Gasteiger partial charge in [0, 0.05) is 12.3 Å². The zero-order chi connectivity index (χ0) is 20.0. The van der Waals surface area contributed by atoms with E-state index in [0.29, 0.717) is 17.8 Å². The quantitative estimate of drug-likeness (QED) is 0.544. The molecule has 0 spiro atoms. The second kappa shape index (κ2) is 9.18. The Labute approximate surface area is 167 Å². The lowest BCUT2D eigenvalue weighted by Crippen LogP contribution is -2.46. The molecule has 2 N–H and O–H groups in total. The summed E-state index contributed by atoms with van der Waals surface area (Å²) in [7, 11) is -3.79. The minimum absolute atomic E-state index is 0.129. The number of fused-ring (bicyclic) bond motifs is 1. The van der Waals surface area contributed by atoms with Gasteiger partial charge in [0.25, 0.3) is 0 Å². The molecular weight excluding hydrogens is 398 g/mol. The van der Waals surface area contributed by atoms with Crippen molar-refractivity contribution in [3.05, 3.63) is 60.6 Å². The van der Waals surface area contributed by atoms with E-state index in [1.165, 1.54) is 12.1 Å². The molecule has 0 bridgehead atoms. The molecule has 0 saturated heterocycles. The molecule has 3 aromatic rings. The molecule has 1 atom stereocenters. The first-order valence-electron chi connectivity index (χ1n) is 8.63. The number of carbonyl (C=O) groups excluding carboxylic acids is 1. The highest BCUT2D eigenvalue weighted by Crippen LogP contribution is 2.11. The number of hydrogen-bond acceptors (Lipinski definition) is 6. The number of rotatable bonds is 9. The van der Waals surface area contributed by atoms with Crippen molar-refractivity contribution in [2.75, 3.05) is 12.0 Å². The zero-order valence-corrected chi connectivity index (χ0v) is 16.9. The van der Waals surface area contributed by atoms with E-state index in [2.05, 4.69) is 20.1 Å². The average molecular weight is 420 g/mol. The normalized spacial score (nSPS) is 12.8. The Balaban J connectivity index is 1.72. The predicted molar refractivity (Wildman–Crippen MR) is 108 cm³/mol. The molecule has 2 aromatic heterocycles. The lowest BCUT2D eigenvalue weighted by Gasteiger charge is -2.18. The summed E-state index contributed by atoms with van der Waals surface area (Å²) >= 11 is 1.55. The lowest BCUT2D eigenvalue weighted by molar-refractivity contribution is -0.122. The van der Waals surface area contributed by atoms with Gasteiger partial charge in [-0.1, -0.05) is 18.2 Å². The maximum absolute atomic E-state index is 12.7. The highest BCUT2D eigenvalue weighted by atomic mass is 32.2. The number of sulfonamides is 1. The van der Waals surface area contributed by atoms with E-state index in [1.807, 2.05) is 6.26 Å². The minimum atomic E-state index is -3.79. The van der Waals surface area contributed by atoms with Gasteiger partial charge in [0.1, 0.15) is 6.04 Å². The van der Waals surface area contributed by atoms with Crippen LogP contribution in [0.25, 0.3) is 5.65 Å². The van der Waals surface area contributed by atoms with Gasteiger partial charge in [0.15, 0.2) is 5.65 Å². The smallest absolute Gasteiger partial charge is 0.241 e. The van der Waals surface area contributed by atoms with Gasteiger partial charge in [-0.2, -0.15) is 21.6 Å². The molecule has 1 aromatic carbocycles. The summed E-state index contributed by atoms with van der Waals surface area (Å²) in [5, 5.41) is 6.98. The molecule has 3 rings (SSSR count). The van der Waals surface area contributed by atoms with Crippen LogP contribution < -0.4 is 10.0 Å². The number of benzene rings is 1. The Morgan fingerprint density at radius 3 is 2.71 bits per heavy atom. The SMILES string of the molecule is CSCC[C@H](NS(=O)(=O)c1ccccc1)C(=O)NCc1ccnc2ccnn12. The Hall–Kier alpha value is -2.43. The third-order valence-corrected chi connectivity index (χ3v) is 6.22. The maximum atomic E-state index is 12.7. The Kier molecular flexibility index (Phi) is 6.65. The summed E-state index contributed by atoms with van der Waals surface area (Å²) in [6.07, 6.45) is 5.56. The molecule has 1 amide bonds. The van der Waals surface area contributed by atoms with E-state index in [4.69, 9.17) is 0 Å². The summed E-state index contributed by atoms with van der Waals surface area (Å²) in [6.45, 7) is 0.211. The van der Waals surface area contributed by atoms with Crippen molar-refractivity contribution in [3.8, 4) is 0 Å². The Morgan fingerprint density at radius 1 is 1.18 bits per heavy atom. The topological polar surface area (TPSA) is 105 Å². The van der Waals surface area contributed by atoms with E-state index in [1.54, 1.807) is 59.0 Å². The van der Waals surface area contributed by atoms with Gasteiger partial charge in [-0.3, -0.25) is 4.79 Å². The van der Waals surface area contributed by atoms with Crippen molar-refractivity contribution < 1.29 is 13.2 Å². The van der Waals surface area contributed by atoms with Crippen molar-refractivity contribution in [3.63, 3.8) is 0 Å². The molecule has 0 fully saturated rings. The molecule has 28 heavy (non-hydrogen) atoms. The maximum Gasteiger partial charge on any atom is 0.241 e. The number of thioether (sulfide) groups is 1. The monoisotopic (exact) mass is 419 g/mol. The van der Waals surface area contributed by atoms with Gasteiger partial charge in [0.05, 0.1) is 23.3 Å². The van der Waals surface area contributed by atoms with Gasteiger partial charge in [0.2, 0.25) is 15.9 Å². The summed E-state index contributed by atoms with van der Waals surface area (Å²) in [5.41, 5.74) is 1.42. The van der Waals surface area contributed by atoms with E-state index >= 15 is 0 Å². The van der Waals surface area contributed by atoms with Crippen molar-refractivity contribution in [2.45, 2.75) is 23.9 Å². The van der Waals surface area contributed by atoms with E-state index < -0.39 is 16.1 Å². The standard InChI is InChI=1S/C18H21N5O3S2/c1-27-12-9-16(22-28(25,26)15-5-3-2-4-6-15)18(24)20-13-14-7-10-19-17-8-11-21-23(14)17/h2-8,10-11,16,22H,9,12-13H2,1H3,(H,20,24)/t16-/m0/s1. The molecule has 10 heteroatoms. The second-order valence-electron chi connectivity index (χ2n) is 6.02. The van der Waals surface area contributed by atoms with Crippen molar-refractivity contribution in [1.82, 2.24) is 24.6 Å². The molecule has 0 unspecified atom stereocenters. The van der Waals surface area contributed by atoms with E-state index in [-0.39, 0.29) is 17.3 Å². The Bertz CT molecular complexity index is 1040. The highest BCUT2D eigenvalue weighted by molar-refractivity contribution is 7.98. The molecule has 2 heterocycles. The largest absolute Gasteiger partial charge is 0.349 e. The molecule has 148 valence electrons. The van der Waals surface area contributed by atoms with Crippen molar-refractivity contribution >= 4 is 33.3 Å². The molecular formula is C18H21N5O3S2. The first kappa shape index (κ1) is 20.3. The molecule has 0 aliphatic rings. The molecule has 8 nitrogen and oxygen atoms in total. The van der Waals surface area contributed by atoms with Crippen LogP contribution in [0.3, 0.4) is 0 Å². The average Bonchev–Trinajstić information content (AvgIpc) is 3.19. The van der Waals surface area contributed by atoms with Crippen LogP contribution in [0.2, 0.25) is 0 Å². The van der Waals surface area contributed by atoms with Crippen molar-refractivity contribution in [2.24, 2.45) is 0 Å². The summed E-state index contributed by atoms with van der Waals surface area (Å²) in [4.78, 5) is 17.0. The molecule has 0 aliphatic carbocycles. The number of nitrogens with zero attached hydrogens (tertiary/aromatic N) is 3. The summed E-state index contributed by atoms with van der Waals surface area (Å²) in [5.74, 6) is 0.263. The van der Waals surface area contributed by atoms with E-state index in [0.717, 1.165) is 5.69 Å². The predicted octanol–water partition coefficient (Wildman–Crippen LogP) is 1.45. The van der Waals surface area contributed by atoms with Gasteiger partial charge in [-0.15, -0.1) is 0 Å².